The van der Waals surface area contributed by atoms with Crippen molar-refractivity contribution in [1.29, 1.82) is 0 Å². The normalized spacial score (nSPS) is 11.6. The van der Waals surface area contributed by atoms with E-state index in [2.05, 4.69) is 15.3 Å². The second kappa shape index (κ2) is 10.1. The van der Waals surface area contributed by atoms with Crippen molar-refractivity contribution in [2.75, 3.05) is 25.1 Å². The molecule has 1 unspecified atom stereocenters. The average Bonchev–Trinajstić information content (AvgIpc) is 2.68. The van der Waals surface area contributed by atoms with Crippen LogP contribution < -0.4 is 14.8 Å². The standard InChI is InChI=1S/C20H23N3O4.ClH/c1-3-26-19-10-17-18(8-9-21-20(17)22-13(19)2)23-14-4-6-16(7-5-14)27-12-15(25)11-24;/h4-10,15,24-25H,3,11-12H2,1-2H3,(H,21,22,23);1H. The average molecular weight is 406 g/mol. The third-order valence-corrected chi connectivity index (χ3v) is 3.96. The number of pyridine rings is 2. The van der Waals surface area contributed by atoms with E-state index in [1.54, 1.807) is 18.3 Å². The Balaban J connectivity index is 0.00000280. The molecule has 0 saturated carbocycles. The minimum absolute atomic E-state index is 0. The number of benzene rings is 1. The summed E-state index contributed by atoms with van der Waals surface area (Å²) < 4.78 is 11.1. The number of aryl methyl sites for hydroxylation is 1. The van der Waals surface area contributed by atoms with E-state index in [0.29, 0.717) is 18.0 Å². The Bertz CT molecular complexity index is 906. The van der Waals surface area contributed by atoms with Crippen LogP contribution in [0.25, 0.3) is 11.0 Å². The van der Waals surface area contributed by atoms with Crippen LogP contribution in [0, 0.1) is 6.92 Å². The fraction of sp³-hybridized carbons (Fsp3) is 0.300. The zero-order valence-corrected chi connectivity index (χ0v) is 16.6. The van der Waals surface area contributed by atoms with E-state index < -0.39 is 6.10 Å². The van der Waals surface area contributed by atoms with Crippen LogP contribution in [0.4, 0.5) is 11.4 Å². The number of halogens is 1. The largest absolute Gasteiger partial charge is 0.492 e. The summed E-state index contributed by atoms with van der Waals surface area (Å²) in [7, 11) is 0. The highest BCUT2D eigenvalue weighted by atomic mass is 35.5. The summed E-state index contributed by atoms with van der Waals surface area (Å²) >= 11 is 0. The van der Waals surface area contributed by atoms with E-state index >= 15 is 0 Å². The first-order valence-corrected chi connectivity index (χ1v) is 8.78. The van der Waals surface area contributed by atoms with Gasteiger partial charge in [-0.2, -0.15) is 0 Å². The third kappa shape index (κ3) is 5.22. The second-order valence-corrected chi connectivity index (χ2v) is 6.03. The third-order valence-electron chi connectivity index (χ3n) is 3.96. The number of hydrogen-bond donors (Lipinski definition) is 3. The SMILES string of the molecule is CCOc1cc2c(Nc3ccc(OCC(O)CO)cc3)ccnc2nc1C.Cl. The molecule has 0 spiro atoms. The predicted octanol–water partition coefficient (Wildman–Crippen LogP) is 3.23. The first-order chi connectivity index (χ1) is 13.1. The maximum Gasteiger partial charge on any atom is 0.161 e. The van der Waals surface area contributed by atoms with E-state index in [1.807, 2.05) is 38.1 Å². The maximum absolute atomic E-state index is 9.34. The lowest BCUT2D eigenvalue weighted by Crippen LogP contribution is -2.21. The molecule has 0 amide bonds. The van der Waals surface area contributed by atoms with Crippen molar-refractivity contribution >= 4 is 34.8 Å². The molecule has 0 aliphatic rings. The van der Waals surface area contributed by atoms with Gasteiger partial charge in [0.15, 0.2) is 5.65 Å². The van der Waals surface area contributed by atoms with E-state index in [9.17, 15) is 5.11 Å². The fourth-order valence-corrected chi connectivity index (χ4v) is 2.59. The highest BCUT2D eigenvalue weighted by Crippen LogP contribution is 2.29. The molecule has 3 aromatic rings. The molecule has 0 bridgehead atoms. The zero-order chi connectivity index (χ0) is 19.2. The van der Waals surface area contributed by atoms with Crippen molar-refractivity contribution in [2.24, 2.45) is 0 Å². The fourth-order valence-electron chi connectivity index (χ4n) is 2.59. The van der Waals surface area contributed by atoms with E-state index in [4.69, 9.17) is 14.6 Å². The number of aromatic nitrogens is 2. The Morgan fingerprint density at radius 1 is 1.14 bits per heavy atom. The summed E-state index contributed by atoms with van der Waals surface area (Å²) in [4.78, 5) is 8.86. The van der Waals surface area contributed by atoms with Gasteiger partial charge in [-0.3, -0.25) is 0 Å². The summed E-state index contributed by atoms with van der Waals surface area (Å²) in [6.07, 6.45) is 0.826. The number of anilines is 2. The number of aliphatic hydroxyl groups is 2. The summed E-state index contributed by atoms with van der Waals surface area (Å²) in [6.45, 7) is 4.13. The van der Waals surface area contributed by atoms with Crippen molar-refractivity contribution < 1.29 is 19.7 Å². The molecule has 3 N–H and O–H groups in total. The molecule has 0 saturated heterocycles. The van der Waals surface area contributed by atoms with Crippen LogP contribution in [-0.4, -0.2) is 46.1 Å². The number of rotatable bonds is 8. The summed E-state index contributed by atoms with van der Waals surface area (Å²) in [5, 5.41) is 22.4. The smallest absolute Gasteiger partial charge is 0.161 e. The second-order valence-electron chi connectivity index (χ2n) is 6.03. The summed E-state index contributed by atoms with van der Waals surface area (Å²) in [5.41, 5.74) is 3.20. The molecule has 0 radical (unpaired) electrons. The highest BCUT2D eigenvalue weighted by Gasteiger charge is 2.09. The zero-order valence-electron chi connectivity index (χ0n) is 15.8. The number of ether oxygens (including phenoxy) is 2. The number of aliphatic hydroxyl groups excluding tert-OH is 2. The molecule has 2 aromatic heterocycles. The molecule has 7 nitrogen and oxygen atoms in total. The van der Waals surface area contributed by atoms with Gasteiger partial charge in [-0.25, -0.2) is 9.97 Å². The Hall–Kier alpha value is -2.61. The lowest BCUT2D eigenvalue weighted by atomic mass is 10.2. The van der Waals surface area contributed by atoms with Crippen molar-refractivity contribution in [3.63, 3.8) is 0 Å². The molecule has 0 aliphatic heterocycles. The van der Waals surface area contributed by atoms with Crippen LogP contribution in [0.1, 0.15) is 12.6 Å². The van der Waals surface area contributed by atoms with Gasteiger partial charge in [0.2, 0.25) is 0 Å². The van der Waals surface area contributed by atoms with Crippen LogP contribution in [0.2, 0.25) is 0 Å². The van der Waals surface area contributed by atoms with Crippen LogP contribution in [0.3, 0.4) is 0 Å². The van der Waals surface area contributed by atoms with Gasteiger partial charge in [0.25, 0.3) is 0 Å². The number of nitrogens with zero attached hydrogens (tertiary/aromatic N) is 2. The lowest BCUT2D eigenvalue weighted by molar-refractivity contribution is 0.0536. The van der Waals surface area contributed by atoms with E-state index in [1.165, 1.54) is 0 Å². The molecule has 150 valence electrons. The van der Waals surface area contributed by atoms with Crippen molar-refractivity contribution in [2.45, 2.75) is 20.0 Å². The number of nitrogens with one attached hydrogen (secondary N) is 1. The minimum atomic E-state index is -0.888. The van der Waals surface area contributed by atoms with Crippen molar-refractivity contribution in [3.05, 3.63) is 48.3 Å². The van der Waals surface area contributed by atoms with Crippen LogP contribution >= 0.6 is 12.4 Å². The Morgan fingerprint density at radius 3 is 2.57 bits per heavy atom. The Morgan fingerprint density at radius 2 is 1.89 bits per heavy atom. The van der Waals surface area contributed by atoms with Crippen LogP contribution in [0.5, 0.6) is 11.5 Å². The molecule has 0 fully saturated rings. The maximum atomic E-state index is 9.34. The minimum Gasteiger partial charge on any atom is -0.492 e. The Kier molecular flexibility index (Phi) is 7.80. The van der Waals surface area contributed by atoms with Crippen molar-refractivity contribution in [3.8, 4) is 11.5 Å². The number of hydrogen-bond acceptors (Lipinski definition) is 7. The predicted molar refractivity (Wildman–Crippen MR) is 111 cm³/mol. The molecule has 28 heavy (non-hydrogen) atoms. The topological polar surface area (TPSA) is 96.7 Å². The first-order valence-electron chi connectivity index (χ1n) is 8.78. The Labute approximate surface area is 169 Å². The van der Waals surface area contributed by atoms with Gasteiger partial charge in [-0.1, -0.05) is 0 Å². The van der Waals surface area contributed by atoms with E-state index in [-0.39, 0.29) is 25.6 Å². The molecule has 2 heterocycles. The molecule has 8 heteroatoms. The van der Waals surface area contributed by atoms with Gasteiger partial charge in [-0.05, 0) is 50.2 Å². The molecular weight excluding hydrogens is 382 g/mol. The van der Waals surface area contributed by atoms with Gasteiger partial charge in [-0.15, -0.1) is 12.4 Å². The first kappa shape index (κ1) is 21.7. The highest BCUT2D eigenvalue weighted by molar-refractivity contribution is 5.91. The van der Waals surface area contributed by atoms with Crippen LogP contribution in [-0.2, 0) is 0 Å². The quantitative estimate of drug-likeness (QED) is 0.529. The molecular formula is C20H24ClN3O4. The summed E-state index contributed by atoms with van der Waals surface area (Å²) in [6, 6.07) is 11.2. The van der Waals surface area contributed by atoms with E-state index in [0.717, 1.165) is 28.2 Å². The molecule has 1 aromatic carbocycles. The summed E-state index contributed by atoms with van der Waals surface area (Å²) in [5.74, 6) is 1.36. The molecule has 1 atom stereocenters. The lowest BCUT2D eigenvalue weighted by Gasteiger charge is -2.13. The van der Waals surface area contributed by atoms with Gasteiger partial charge in [0, 0.05) is 17.3 Å². The van der Waals surface area contributed by atoms with Gasteiger partial charge in [0.05, 0.1) is 24.6 Å². The van der Waals surface area contributed by atoms with Gasteiger partial charge in [0.1, 0.15) is 24.2 Å². The van der Waals surface area contributed by atoms with Gasteiger partial charge < -0.3 is 25.0 Å². The molecule has 3 rings (SSSR count). The van der Waals surface area contributed by atoms with Crippen molar-refractivity contribution in [1.82, 2.24) is 9.97 Å². The van der Waals surface area contributed by atoms with Gasteiger partial charge >= 0.3 is 0 Å². The molecule has 0 aliphatic carbocycles. The monoisotopic (exact) mass is 405 g/mol. The number of fused-ring (bicyclic) bond motifs is 1. The van der Waals surface area contributed by atoms with Crippen LogP contribution in [0.15, 0.2) is 42.6 Å².